The highest BCUT2D eigenvalue weighted by Gasteiger charge is 2.21. The molecule has 0 N–H and O–H groups in total. The third-order valence-corrected chi connectivity index (χ3v) is 4.86. The van der Waals surface area contributed by atoms with Gasteiger partial charge in [-0.1, -0.05) is 36.2 Å². The van der Waals surface area contributed by atoms with Crippen LogP contribution in [0.1, 0.15) is 38.7 Å². The maximum atomic E-state index is 3.64. The molecular formula is C12H19BrS. The van der Waals surface area contributed by atoms with Crippen LogP contribution in [-0.4, -0.2) is 5.33 Å². The molecule has 1 unspecified atom stereocenters. The second-order valence-electron chi connectivity index (χ2n) is 4.33. The van der Waals surface area contributed by atoms with E-state index in [0.717, 1.165) is 5.33 Å². The highest BCUT2D eigenvalue weighted by molar-refractivity contribution is 9.09. The van der Waals surface area contributed by atoms with Crippen molar-refractivity contribution in [1.82, 2.24) is 0 Å². The van der Waals surface area contributed by atoms with Crippen molar-refractivity contribution in [3.05, 3.63) is 22.4 Å². The Bertz CT molecular complexity index is 243. The minimum atomic E-state index is 0.483. The lowest BCUT2D eigenvalue weighted by molar-refractivity contribution is 0.315. The summed E-state index contributed by atoms with van der Waals surface area (Å²) < 4.78 is 0. The number of hydrogen-bond acceptors (Lipinski definition) is 1. The molecule has 0 aromatic carbocycles. The Morgan fingerprint density at radius 2 is 2.21 bits per heavy atom. The molecule has 0 radical (unpaired) electrons. The average Bonchev–Trinajstić information content (AvgIpc) is 2.68. The molecule has 0 fully saturated rings. The van der Waals surface area contributed by atoms with Crippen LogP contribution in [0.25, 0.3) is 0 Å². The zero-order valence-electron chi connectivity index (χ0n) is 9.05. The number of aryl methyl sites for hydroxylation is 1. The quantitative estimate of drug-likeness (QED) is 0.649. The van der Waals surface area contributed by atoms with Crippen molar-refractivity contribution in [3.8, 4) is 0 Å². The molecule has 0 amide bonds. The van der Waals surface area contributed by atoms with Gasteiger partial charge in [-0.3, -0.25) is 0 Å². The standard InChI is InChI=1S/C12H19BrS/c1-3-6-12(2,10-13)7-4-11-5-8-14-9-11/h5,8-9H,3-4,6-7,10H2,1-2H3. The van der Waals surface area contributed by atoms with Gasteiger partial charge in [-0.15, -0.1) is 0 Å². The van der Waals surface area contributed by atoms with Gasteiger partial charge in [0.1, 0.15) is 0 Å². The van der Waals surface area contributed by atoms with Gasteiger partial charge < -0.3 is 0 Å². The highest BCUT2D eigenvalue weighted by Crippen LogP contribution is 2.31. The molecule has 1 aromatic heterocycles. The van der Waals surface area contributed by atoms with Crippen LogP contribution in [0, 0.1) is 5.41 Å². The van der Waals surface area contributed by atoms with Crippen molar-refractivity contribution in [1.29, 1.82) is 0 Å². The Balaban J connectivity index is 2.41. The molecule has 0 saturated carbocycles. The molecule has 0 spiro atoms. The van der Waals surface area contributed by atoms with Crippen LogP contribution in [0.15, 0.2) is 16.8 Å². The SMILES string of the molecule is CCCC(C)(CBr)CCc1ccsc1. The lowest BCUT2D eigenvalue weighted by atomic mass is 9.82. The Morgan fingerprint density at radius 3 is 2.71 bits per heavy atom. The van der Waals surface area contributed by atoms with Crippen LogP contribution in [0.3, 0.4) is 0 Å². The predicted molar refractivity (Wildman–Crippen MR) is 69.4 cm³/mol. The van der Waals surface area contributed by atoms with Gasteiger partial charge >= 0.3 is 0 Å². The van der Waals surface area contributed by atoms with Crippen LogP contribution in [-0.2, 0) is 6.42 Å². The van der Waals surface area contributed by atoms with E-state index in [0.29, 0.717) is 5.41 Å². The Labute approximate surface area is 99.9 Å². The van der Waals surface area contributed by atoms with Gasteiger partial charge in [0.05, 0.1) is 0 Å². The van der Waals surface area contributed by atoms with Gasteiger partial charge in [0.25, 0.3) is 0 Å². The molecule has 0 aliphatic carbocycles. The third-order valence-electron chi connectivity index (χ3n) is 2.77. The molecule has 1 rings (SSSR count). The summed E-state index contributed by atoms with van der Waals surface area (Å²) in [5, 5.41) is 5.55. The molecule has 1 atom stereocenters. The van der Waals surface area contributed by atoms with E-state index in [1.54, 1.807) is 11.3 Å². The molecule has 0 nitrogen and oxygen atoms in total. The van der Waals surface area contributed by atoms with E-state index < -0.39 is 0 Å². The highest BCUT2D eigenvalue weighted by atomic mass is 79.9. The maximum absolute atomic E-state index is 3.64. The van der Waals surface area contributed by atoms with Gasteiger partial charge in [0.2, 0.25) is 0 Å². The Kier molecular flexibility index (Phi) is 5.18. The molecule has 0 bridgehead atoms. The van der Waals surface area contributed by atoms with E-state index in [1.165, 1.54) is 31.2 Å². The van der Waals surface area contributed by atoms with Gasteiger partial charge in [0, 0.05) is 5.33 Å². The number of thiophene rings is 1. The molecule has 0 aliphatic rings. The molecular weight excluding hydrogens is 256 g/mol. The van der Waals surface area contributed by atoms with Crippen molar-refractivity contribution >= 4 is 27.3 Å². The summed E-state index contributed by atoms with van der Waals surface area (Å²) in [5.74, 6) is 0. The molecule has 1 heterocycles. The maximum Gasteiger partial charge on any atom is 0.00854 e. The minimum absolute atomic E-state index is 0.483. The average molecular weight is 275 g/mol. The summed E-state index contributed by atoms with van der Waals surface area (Å²) in [7, 11) is 0. The van der Waals surface area contributed by atoms with Crippen LogP contribution < -0.4 is 0 Å². The van der Waals surface area contributed by atoms with Crippen LogP contribution in [0.4, 0.5) is 0 Å². The lowest BCUT2D eigenvalue weighted by Gasteiger charge is -2.26. The first-order valence-electron chi connectivity index (χ1n) is 5.27. The van der Waals surface area contributed by atoms with Crippen molar-refractivity contribution in [2.24, 2.45) is 5.41 Å². The fraction of sp³-hybridized carbons (Fsp3) is 0.667. The largest absolute Gasteiger partial charge is 0.152 e. The second-order valence-corrected chi connectivity index (χ2v) is 5.67. The zero-order valence-corrected chi connectivity index (χ0v) is 11.5. The number of hydrogen-bond donors (Lipinski definition) is 0. The monoisotopic (exact) mass is 274 g/mol. The minimum Gasteiger partial charge on any atom is -0.152 e. The first-order chi connectivity index (χ1) is 6.70. The summed E-state index contributed by atoms with van der Waals surface area (Å²) in [6.45, 7) is 4.66. The van der Waals surface area contributed by atoms with Crippen molar-refractivity contribution < 1.29 is 0 Å². The normalized spacial score (nSPS) is 15.4. The van der Waals surface area contributed by atoms with Gasteiger partial charge in [0.15, 0.2) is 0 Å². The molecule has 80 valence electrons. The smallest absolute Gasteiger partial charge is 0.00854 e. The van der Waals surface area contributed by atoms with Gasteiger partial charge in [-0.2, -0.15) is 11.3 Å². The first-order valence-corrected chi connectivity index (χ1v) is 7.33. The van der Waals surface area contributed by atoms with E-state index in [1.807, 2.05) is 0 Å². The molecule has 14 heavy (non-hydrogen) atoms. The van der Waals surface area contributed by atoms with Crippen molar-refractivity contribution in [2.75, 3.05) is 5.33 Å². The Morgan fingerprint density at radius 1 is 1.43 bits per heavy atom. The van der Waals surface area contributed by atoms with Crippen LogP contribution >= 0.6 is 27.3 Å². The molecule has 2 heteroatoms. The number of alkyl halides is 1. The fourth-order valence-electron chi connectivity index (χ4n) is 1.74. The summed E-state index contributed by atoms with van der Waals surface area (Å²) in [5.41, 5.74) is 1.98. The summed E-state index contributed by atoms with van der Waals surface area (Å²) in [4.78, 5) is 0. The van der Waals surface area contributed by atoms with Crippen molar-refractivity contribution in [2.45, 2.75) is 39.5 Å². The molecule has 0 saturated heterocycles. The summed E-state index contributed by atoms with van der Waals surface area (Å²) in [6.07, 6.45) is 5.13. The van der Waals surface area contributed by atoms with E-state index in [9.17, 15) is 0 Å². The molecule has 1 aromatic rings. The third kappa shape index (κ3) is 3.74. The van der Waals surface area contributed by atoms with Gasteiger partial charge in [-0.25, -0.2) is 0 Å². The van der Waals surface area contributed by atoms with Crippen molar-refractivity contribution in [3.63, 3.8) is 0 Å². The van der Waals surface area contributed by atoms with Crippen LogP contribution in [0.2, 0.25) is 0 Å². The van der Waals surface area contributed by atoms with E-state index in [-0.39, 0.29) is 0 Å². The number of halogens is 1. The van der Waals surface area contributed by atoms with Gasteiger partial charge in [-0.05, 0) is 47.1 Å². The summed E-state index contributed by atoms with van der Waals surface area (Å²) in [6, 6.07) is 2.24. The topological polar surface area (TPSA) is 0 Å². The van der Waals surface area contributed by atoms with Crippen LogP contribution in [0.5, 0.6) is 0 Å². The second kappa shape index (κ2) is 5.92. The summed E-state index contributed by atoms with van der Waals surface area (Å²) >= 11 is 5.44. The van der Waals surface area contributed by atoms with E-state index in [4.69, 9.17) is 0 Å². The predicted octanol–water partition coefficient (Wildman–Crippen LogP) is 4.88. The van der Waals surface area contributed by atoms with E-state index >= 15 is 0 Å². The first kappa shape index (κ1) is 12.3. The lowest BCUT2D eigenvalue weighted by Crippen LogP contribution is -2.18. The Hall–Kier alpha value is 0.180. The van der Waals surface area contributed by atoms with E-state index in [2.05, 4.69) is 46.6 Å². The zero-order chi connectivity index (χ0) is 10.4. The molecule has 0 aliphatic heterocycles. The fourth-order valence-corrected chi connectivity index (χ4v) is 3.01. The number of rotatable bonds is 6.